The van der Waals surface area contributed by atoms with E-state index in [9.17, 15) is 10.2 Å². The Bertz CT molecular complexity index is 550. The van der Waals surface area contributed by atoms with E-state index in [4.69, 9.17) is 9.47 Å². The van der Waals surface area contributed by atoms with E-state index in [-0.39, 0.29) is 35.9 Å². The second kappa shape index (κ2) is 8.13. The van der Waals surface area contributed by atoms with Crippen LogP contribution in [-0.4, -0.2) is 60.8 Å². The normalized spacial score (nSPS) is 35.4. The molecule has 2 saturated heterocycles. The lowest BCUT2D eigenvalue weighted by molar-refractivity contribution is -0.928. The van der Waals surface area contributed by atoms with E-state index >= 15 is 0 Å². The minimum Gasteiger partial charge on any atom is -0.507 e. The molecule has 0 aliphatic carbocycles. The molecule has 146 valence electrons. The Morgan fingerprint density at radius 3 is 1.35 bits per heavy atom. The van der Waals surface area contributed by atoms with Crippen molar-refractivity contribution in [2.45, 2.75) is 65.2 Å². The van der Waals surface area contributed by atoms with Gasteiger partial charge >= 0.3 is 0 Å². The van der Waals surface area contributed by atoms with Crippen molar-refractivity contribution >= 4 is 0 Å². The maximum Gasteiger partial charge on any atom is 0.125 e. The standard InChI is InChI=1S/C20H32N2O4/c1-13-7-21(8-14(2)25-13)11-17-5-20(24)18(6-19(17)23)12-22-9-15(3)26-16(4)10-22/h5-6,13-16,23-24H,7-12H2,1-4H3/p+2/t13-,14-,15-,16+/m0/s1. The van der Waals surface area contributed by atoms with Crippen molar-refractivity contribution in [2.75, 3.05) is 26.2 Å². The fourth-order valence-corrected chi connectivity index (χ4v) is 4.55. The van der Waals surface area contributed by atoms with Gasteiger partial charge in [-0.15, -0.1) is 0 Å². The molecule has 0 amide bonds. The van der Waals surface area contributed by atoms with Crippen LogP contribution < -0.4 is 9.80 Å². The third-order valence-electron chi connectivity index (χ3n) is 5.39. The molecule has 0 spiro atoms. The number of benzene rings is 1. The molecule has 2 aliphatic rings. The quantitative estimate of drug-likeness (QED) is 0.542. The molecule has 5 atom stereocenters. The molecule has 2 fully saturated rings. The number of quaternary nitrogens is 2. The highest BCUT2D eigenvalue weighted by Gasteiger charge is 2.28. The molecular weight excluding hydrogens is 332 g/mol. The van der Waals surface area contributed by atoms with Crippen molar-refractivity contribution in [1.82, 2.24) is 0 Å². The Hall–Kier alpha value is -1.34. The number of ether oxygens (including phenoxy) is 2. The van der Waals surface area contributed by atoms with Gasteiger partial charge < -0.3 is 29.5 Å². The first-order chi connectivity index (χ1) is 12.3. The fraction of sp³-hybridized carbons (Fsp3) is 0.700. The van der Waals surface area contributed by atoms with Gasteiger partial charge in [0.05, 0.1) is 11.1 Å². The third kappa shape index (κ3) is 4.88. The van der Waals surface area contributed by atoms with E-state index in [1.54, 1.807) is 12.1 Å². The molecule has 1 aromatic carbocycles. The van der Waals surface area contributed by atoms with Gasteiger partial charge in [-0.05, 0) is 39.8 Å². The summed E-state index contributed by atoms with van der Waals surface area (Å²) in [4.78, 5) is 2.75. The zero-order chi connectivity index (χ0) is 18.8. The van der Waals surface area contributed by atoms with Crippen LogP contribution in [0.5, 0.6) is 11.5 Å². The number of phenolic OH excluding ortho intramolecular Hbond substituents is 2. The van der Waals surface area contributed by atoms with E-state index in [0.29, 0.717) is 13.1 Å². The maximum absolute atomic E-state index is 10.5. The van der Waals surface area contributed by atoms with Crippen molar-refractivity contribution in [3.05, 3.63) is 23.3 Å². The van der Waals surface area contributed by atoms with Crippen molar-refractivity contribution in [2.24, 2.45) is 0 Å². The second-order valence-corrected chi connectivity index (χ2v) is 8.29. The monoisotopic (exact) mass is 366 g/mol. The summed E-state index contributed by atoms with van der Waals surface area (Å²) in [7, 11) is 0. The number of hydrogen-bond acceptors (Lipinski definition) is 4. The molecule has 26 heavy (non-hydrogen) atoms. The smallest absolute Gasteiger partial charge is 0.125 e. The zero-order valence-electron chi connectivity index (χ0n) is 16.4. The van der Waals surface area contributed by atoms with Gasteiger partial charge in [0, 0.05) is 0 Å². The van der Waals surface area contributed by atoms with Crippen LogP contribution in [0.4, 0.5) is 0 Å². The van der Waals surface area contributed by atoms with Gasteiger partial charge in [-0.25, -0.2) is 0 Å². The van der Waals surface area contributed by atoms with Crippen molar-refractivity contribution in [3.8, 4) is 11.5 Å². The van der Waals surface area contributed by atoms with Gasteiger partial charge in [0.25, 0.3) is 0 Å². The number of hydrogen-bond donors (Lipinski definition) is 4. The number of phenols is 2. The third-order valence-corrected chi connectivity index (χ3v) is 5.39. The average molecular weight is 367 g/mol. The highest BCUT2D eigenvalue weighted by molar-refractivity contribution is 5.44. The topological polar surface area (TPSA) is 67.8 Å². The summed E-state index contributed by atoms with van der Waals surface area (Å²) < 4.78 is 11.6. The van der Waals surface area contributed by atoms with Gasteiger partial charge in [0.1, 0.15) is 75.2 Å². The first-order valence-electron chi connectivity index (χ1n) is 9.82. The van der Waals surface area contributed by atoms with Gasteiger partial charge in [-0.1, -0.05) is 0 Å². The molecule has 2 aliphatic heterocycles. The van der Waals surface area contributed by atoms with Gasteiger partial charge in [-0.3, -0.25) is 0 Å². The van der Waals surface area contributed by atoms with Crippen molar-refractivity contribution in [1.29, 1.82) is 0 Å². The molecule has 0 bridgehead atoms. The minimum atomic E-state index is 0.220. The molecular formula is C20H34N2O4+2. The first-order valence-corrected chi connectivity index (χ1v) is 9.82. The summed E-state index contributed by atoms with van der Waals surface area (Å²) in [5.41, 5.74) is 1.61. The molecule has 0 saturated carbocycles. The fourth-order valence-electron chi connectivity index (χ4n) is 4.55. The number of nitrogens with one attached hydrogen (secondary N) is 2. The highest BCUT2D eigenvalue weighted by Crippen LogP contribution is 2.26. The minimum absolute atomic E-state index is 0.220. The molecule has 4 N–H and O–H groups in total. The van der Waals surface area contributed by atoms with Crippen LogP contribution in [0.15, 0.2) is 12.1 Å². The predicted molar refractivity (Wildman–Crippen MR) is 98.6 cm³/mol. The largest absolute Gasteiger partial charge is 0.507 e. The Labute approximate surface area is 156 Å². The van der Waals surface area contributed by atoms with Gasteiger partial charge in [-0.2, -0.15) is 0 Å². The summed E-state index contributed by atoms with van der Waals surface area (Å²) in [6.45, 7) is 13.4. The van der Waals surface area contributed by atoms with Crippen LogP contribution in [0.1, 0.15) is 38.8 Å². The lowest BCUT2D eigenvalue weighted by Gasteiger charge is -2.33. The SMILES string of the molecule is C[C@@H]1C[NH+](Cc2cc(O)c(C[NH+]3C[C@H](C)O[C@@H](C)C3)cc2O)C[C@H](C)O1. The summed E-state index contributed by atoms with van der Waals surface area (Å²) in [5, 5.41) is 21.0. The van der Waals surface area contributed by atoms with Crippen molar-refractivity contribution in [3.63, 3.8) is 0 Å². The first kappa shape index (κ1) is 19.4. The number of aromatic hydroxyl groups is 2. The Morgan fingerprint density at radius 1 is 0.731 bits per heavy atom. The lowest BCUT2D eigenvalue weighted by atomic mass is 10.1. The molecule has 0 aromatic heterocycles. The summed E-state index contributed by atoms with van der Waals surface area (Å²) in [6.07, 6.45) is 0.880. The highest BCUT2D eigenvalue weighted by atomic mass is 16.5. The van der Waals surface area contributed by atoms with Crippen LogP contribution in [0.3, 0.4) is 0 Å². The van der Waals surface area contributed by atoms with Crippen LogP contribution in [0.25, 0.3) is 0 Å². The van der Waals surface area contributed by atoms with E-state index in [1.807, 2.05) is 0 Å². The second-order valence-electron chi connectivity index (χ2n) is 8.29. The van der Waals surface area contributed by atoms with Gasteiger partial charge in [0.15, 0.2) is 0 Å². The average Bonchev–Trinajstić information content (AvgIpc) is 2.50. The van der Waals surface area contributed by atoms with Crippen LogP contribution >= 0.6 is 0 Å². The van der Waals surface area contributed by atoms with Gasteiger partial charge in [0.2, 0.25) is 0 Å². The lowest BCUT2D eigenvalue weighted by Crippen LogP contribution is -3.14. The molecule has 1 unspecified atom stereocenters. The molecule has 0 radical (unpaired) electrons. The summed E-state index contributed by atoms with van der Waals surface area (Å²) >= 11 is 0. The molecule has 2 heterocycles. The van der Waals surface area contributed by atoms with E-state index in [2.05, 4.69) is 27.7 Å². The molecule has 1 aromatic rings. The van der Waals surface area contributed by atoms with E-state index in [1.165, 1.54) is 9.80 Å². The summed E-state index contributed by atoms with van der Waals surface area (Å²) in [5.74, 6) is 0.566. The van der Waals surface area contributed by atoms with E-state index in [0.717, 1.165) is 37.3 Å². The maximum atomic E-state index is 10.5. The summed E-state index contributed by atoms with van der Waals surface area (Å²) in [6, 6.07) is 3.49. The zero-order valence-corrected chi connectivity index (χ0v) is 16.4. The van der Waals surface area contributed by atoms with Crippen LogP contribution in [0.2, 0.25) is 0 Å². The number of rotatable bonds is 4. The number of morpholine rings is 2. The Morgan fingerprint density at radius 2 is 1.04 bits per heavy atom. The Kier molecular flexibility index (Phi) is 6.07. The molecule has 3 rings (SSSR count). The van der Waals surface area contributed by atoms with Crippen LogP contribution in [-0.2, 0) is 22.6 Å². The predicted octanol–water partition coefficient (Wildman–Crippen LogP) is -0.518. The molecule has 6 heteroatoms. The Balaban J connectivity index is 1.68. The van der Waals surface area contributed by atoms with E-state index < -0.39 is 0 Å². The van der Waals surface area contributed by atoms with Crippen LogP contribution in [0, 0.1) is 0 Å². The molecule has 6 nitrogen and oxygen atoms in total. The van der Waals surface area contributed by atoms with Crippen molar-refractivity contribution < 1.29 is 29.5 Å².